The van der Waals surface area contributed by atoms with Crippen LogP contribution in [0.15, 0.2) is 28.9 Å². The molecule has 9 nitrogen and oxygen atoms in total. The molecule has 142 valence electrons. The second-order valence-corrected chi connectivity index (χ2v) is 6.10. The SMILES string of the molecule is O=C(O)CCc1ccc2occc2c1O[C@@H]1O[C@H](CO)[C@@H](O)[C@H](O)[C@H]1O. The molecule has 0 spiro atoms. The van der Waals surface area contributed by atoms with E-state index in [-0.39, 0.29) is 18.6 Å². The van der Waals surface area contributed by atoms with Gasteiger partial charge < -0.3 is 39.4 Å². The molecule has 1 fully saturated rings. The first-order valence-electron chi connectivity index (χ1n) is 8.10. The van der Waals surface area contributed by atoms with Crippen LogP contribution in [0.3, 0.4) is 0 Å². The van der Waals surface area contributed by atoms with Crippen molar-refractivity contribution in [3.8, 4) is 5.75 Å². The van der Waals surface area contributed by atoms with E-state index in [1.165, 1.54) is 6.26 Å². The Morgan fingerprint density at radius 3 is 2.58 bits per heavy atom. The van der Waals surface area contributed by atoms with Gasteiger partial charge in [0.1, 0.15) is 35.7 Å². The lowest BCUT2D eigenvalue weighted by Gasteiger charge is -2.39. The lowest BCUT2D eigenvalue weighted by atomic mass is 9.99. The maximum atomic E-state index is 10.9. The Labute approximate surface area is 148 Å². The van der Waals surface area contributed by atoms with Crippen LogP contribution in [0.25, 0.3) is 11.0 Å². The Morgan fingerprint density at radius 2 is 1.88 bits per heavy atom. The van der Waals surface area contributed by atoms with E-state index in [0.717, 1.165) is 0 Å². The van der Waals surface area contributed by atoms with Crippen molar-refractivity contribution >= 4 is 16.9 Å². The van der Waals surface area contributed by atoms with E-state index in [1.807, 2.05) is 0 Å². The third-order valence-corrected chi connectivity index (χ3v) is 4.36. The zero-order valence-electron chi connectivity index (χ0n) is 13.7. The minimum Gasteiger partial charge on any atom is -0.481 e. The number of aliphatic carboxylic acids is 1. The van der Waals surface area contributed by atoms with Crippen molar-refractivity contribution in [2.45, 2.75) is 43.5 Å². The standard InChI is InChI=1S/C17H20O9/c18-7-11-13(21)14(22)15(23)17(25-11)26-16-8(2-4-12(19)20)1-3-10-9(16)5-6-24-10/h1,3,5-6,11,13-15,17-18,21-23H,2,4,7H2,(H,19,20)/t11-,13-,14+,15-,17+/m1/s1. The summed E-state index contributed by atoms with van der Waals surface area (Å²) in [5.41, 5.74) is 1.04. The van der Waals surface area contributed by atoms with Crippen LogP contribution in [0.1, 0.15) is 12.0 Å². The lowest BCUT2D eigenvalue weighted by molar-refractivity contribution is -0.277. The van der Waals surface area contributed by atoms with Crippen molar-refractivity contribution in [1.29, 1.82) is 0 Å². The fourth-order valence-corrected chi connectivity index (χ4v) is 2.92. The van der Waals surface area contributed by atoms with Crippen molar-refractivity contribution < 1.29 is 44.2 Å². The molecule has 2 aromatic rings. The molecule has 0 unspecified atom stereocenters. The molecule has 1 aromatic carbocycles. The van der Waals surface area contributed by atoms with Gasteiger partial charge in [-0.1, -0.05) is 6.07 Å². The molecule has 3 rings (SSSR count). The van der Waals surface area contributed by atoms with Gasteiger partial charge in [-0.3, -0.25) is 4.79 Å². The number of furan rings is 1. The molecule has 1 aliphatic heterocycles. The molecule has 1 saturated heterocycles. The number of hydrogen-bond acceptors (Lipinski definition) is 8. The Balaban J connectivity index is 1.92. The summed E-state index contributed by atoms with van der Waals surface area (Å²) in [4.78, 5) is 10.9. The van der Waals surface area contributed by atoms with Crippen molar-refractivity contribution in [3.05, 3.63) is 30.0 Å². The highest BCUT2D eigenvalue weighted by Crippen LogP contribution is 2.34. The molecular formula is C17H20O9. The third-order valence-electron chi connectivity index (χ3n) is 4.36. The second-order valence-electron chi connectivity index (χ2n) is 6.10. The molecule has 5 N–H and O–H groups in total. The summed E-state index contributed by atoms with van der Waals surface area (Å²) in [6.45, 7) is -0.577. The third kappa shape index (κ3) is 3.53. The van der Waals surface area contributed by atoms with Gasteiger partial charge in [-0.25, -0.2) is 0 Å². The smallest absolute Gasteiger partial charge is 0.303 e. The van der Waals surface area contributed by atoms with Gasteiger partial charge in [0.25, 0.3) is 0 Å². The van der Waals surface area contributed by atoms with E-state index in [9.17, 15) is 25.2 Å². The molecule has 0 aliphatic carbocycles. The van der Waals surface area contributed by atoms with Gasteiger partial charge in [-0.05, 0) is 24.1 Å². The predicted octanol–water partition coefficient (Wildman–Crippen LogP) is -0.371. The molecule has 0 radical (unpaired) electrons. The quantitative estimate of drug-likeness (QED) is 0.460. The molecule has 1 aromatic heterocycles. The number of hydrogen-bond donors (Lipinski definition) is 5. The van der Waals surface area contributed by atoms with Gasteiger partial charge >= 0.3 is 5.97 Å². The number of fused-ring (bicyclic) bond motifs is 1. The fraction of sp³-hybridized carbons (Fsp3) is 0.471. The van der Waals surface area contributed by atoms with E-state index < -0.39 is 43.3 Å². The first kappa shape index (κ1) is 18.6. The number of aliphatic hydroxyl groups is 4. The monoisotopic (exact) mass is 368 g/mol. The normalized spacial score (nSPS) is 29.0. The van der Waals surface area contributed by atoms with E-state index in [1.54, 1.807) is 18.2 Å². The number of rotatable bonds is 6. The maximum Gasteiger partial charge on any atom is 0.303 e. The minimum absolute atomic E-state index is 0.131. The molecule has 9 heteroatoms. The van der Waals surface area contributed by atoms with E-state index in [4.69, 9.17) is 19.0 Å². The molecule has 0 amide bonds. The second kappa shape index (κ2) is 7.60. The fourth-order valence-electron chi connectivity index (χ4n) is 2.92. The summed E-state index contributed by atoms with van der Waals surface area (Å²) in [6.07, 6.45) is -5.63. The molecule has 2 heterocycles. The van der Waals surface area contributed by atoms with Gasteiger partial charge in [-0.15, -0.1) is 0 Å². The summed E-state index contributed by atoms with van der Waals surface area (Å²) < 4.78 is 16.4. The van der Waals surface area contributed by atoms with Crippen LogP contribution in [0.4, 0.5) is 0 Å². The Kier molecular flexibility index (Phi) is 5.44. The number of aliphatic hydroxyl groups excluding tert-OH is 4. The van der Waals surface area contributed by atoms with E-state index in [0.29, 0.717) is 16.5 Å². The summed E-state index contributed by atoms with van der Waals surface area (Å²) >= 11 is 0. The van der Waals surface area contributed by atoms with Crippen LogP contribution in [0.5, 0.6) is 5.75 Å². The summed E-state index contributed by atoms with van der Waals surface area (Å²) in [7, 11) is 0. The van der Waals surface area contributed by atoms with E-state index >= 15 is 0 Å². The molecular weight excluding hydrogens is 348 g/mol. The largest absolute Gasteiger partial charge is 0.481 e. The van der Waals surface area contributed by atoms with Gasteiger partial charge in [-0.2, -0.15) is 0 Å². The topological polar surface area (TPSA) is 150 Å². The van der Waals surface area contributed by atoms with Crippen LogP contribution in [0, 0.1) is 0 Å². The Hall–Kier alpha value is -2.17. The molecule has 5 atom stereocenters. The van der Waals surface area contributed by atoms with Crippen LogP contribution >= 0.6 is 0 Å². The molecule has 0 bridgehead atoms. The van der Waals surface area contributed by atoms with Crippen molar-refractivity contribution in [1.82, 2.24) is 0 Å². The Morgan fingerprint density at radius 1 is 1.12 bits per heavy atom. The number of carbonyl (C=O) groups is 1. The van der Waals surface area contributed by atoms with Crippen molar-refractivity contribution in [3.63, 3.8) is 0 Å². The van der Waals surface area contributed by atoms with Crippen LogP contribution in [-0.2, 0) is 16.0 Å². The zero-order valence-corrected chi connectivity index (χ0v) is 13.7. The number of carboxylic acid groups (broad SMARTS) is 1. The average molecular weight is 368 g/mol. The zero-order chi connectivity index (χ0) is 18.8. The first-order valence-corrected chi connectivity index (χ1v) is 8.10. The van der Waals surface area contributed by atoms with Crippen LogP contribution in [0.2, 0.25) is 0 Å². The maximum absolute atomic E-state index is 10.9. The molecule has 0 saturated carbocycles. The number of aryl methyl sites for hydroxylation is 1. The van der Waals surface area contributed by atoms with Gasteiger partial charge in [0.05, 0.1) is 18.3 Å². The minimum atomic E-state index is -1.57. The Bertz CT molecular complexity index is 769. The number of ether oxygens (including phenoxy) is 2. The summed E-state index contributed by atoms with van der Waals surface area (Å²) in [6, 6.07) is 4.94. The van der Waals surface area contributed by atoms with Crippen LogP contribution in [-0.4, -0.2) is 68.8 Å². The average Bonchev–Trinajstić information content (AvgIpc) is 3.10. The van der Waals surface area contributed by atoms with Crippen molar-refractivity contribution in [2.75, 3.05) is 6.61 Å². The number of benzene rings is 1. The highest BCUT2D eigenvalue weighted by molar-refractivity contribution is 5.85. The highest BCUT2D eigenvalue weighted by Gasteiger charge is 2.45. The summed E-state index contributed by atoms with van der Waals surface area (Å²) in [5.74, 6) is -0.724. The highest BCUT2D eigenvalue weighted by atomic mass is 16.7. The van der Waals surface area contributed by atoms with Crippen molar-refractivity contribution in [2.24, 2.45) is 0 Å². The lowest BCUT2D eigenvalue weighted by Crippen LogP contribution is -2.60. The van der Waals surface area contributed by atoms with Gasteiger partial charge in [0, 0.05) is 6.42 Å². The van der Waals surface area contributed by atoms with Gasteiger partial charge in [0.15, 0.2) is 0 Å². The summed E-state index contributed by atoms with van der Waals surface area (Å²) in [5, 5.41) is 48.6. The molecule has 26 heavy (non-hydrogen) atoms. The van der Waals surface area contributed by atoms with E-state index in [2.05, 4.69) is 0 Å². The number of carboxylic acids is 1. The predicted molar refractivity (Wildman–Crippen MR) is 86.6 cm³/mol. The van der Waals surface area contributed by atoms with Gasteiger partial charge in [0.2, 0.25) is 6.29 Å². The first-order chi connectivity index (χ1) is 12.4. The van der Waals surface area contributed by atoms with Crippen LogP contribution < -0.4 is 4.74 Å². The molecule has 1 aliphatic rings.